The second kappa shape index (κ2) is 5.66. The zero-order valence-corrected chi connectivity index (χ0v) is 14.0. The number of hydrogen-bond donors (Lipinski definition) is 1. The summed E-state index contributed by atoms with van der Waals surface area (Å²) in [6.45, 7) is 3.51. The van der Waals surface area contributed by atoms with Crippen LogP contribution in [0.15, 0.2) is 34.0 Å². The van der Waals surface area contributed by atoms with Gasteiger partial charge in [0, 0.05) is 57.3 Å². The Hall–Kier alpha value is -2.28. The van der Waals surface area contributed by atoms with Crippen molar-refractivity contribution >= 4 is 23.2 Å². The third-order valence-corrected chi connectivity index (χ3v) is 5.22. The molecular weight excluding hydrogens is 330 g/mol. The van der Waals surface area contributed by atoms with Gasteiger partial charge in [-0.25, -0.2) is 9.78 Å². The lowest BCUT2D eigenvalue weighted by Crippen LogP contribution is -2.36. The van der Waals surface area contributed by atoms with Crippen molar-refractivity contribution in [3.8, 4) is 0 Å². The minimum atomic E-state index is -0.374. The van der Waals surface area contributed by atoms with Crippen LogP contribution in [0.2, 0.25) is 5.02 Å². The molecule has 24 heavy (non-hydrogen) atoms. The average molecular weight is 348 g/mol. The molecule has 2 unspecified atom stereocenters. The van der Waals surface area contributed by atoms with Crippen molar-refractivity contribution in [2.75, 3.05) is 36.0 Å². The maximum absolute atomic E-state index is 11.8. The highest BCUT2D eigenvalue weighted by Crippen LogP contribution is 2.34. The van der Waals surface area contributed by atoms with Crippen molar-refractivity contribution in [1.82, 2.24) is 14.5 Å². The predicted octanol–water partition coefficient (Wildman–Crippen LogP) is 0.695. The van der Waals surface area contributed by atoms with Crippen LogP contribution < -0.4 is 21.0 Å². The fourth-order valence-corrected chi connectivity index (χ4v) is 3.76. The highest BCUT2D eigenvalue weighted by Gasteiger charge is 2.40. The Kier molecular flexibility index (Phi) is 3.60. The summed E-state index contributed by atoms with van der Waals surface area (Å²) < 4.78 is 1.08. The largest absolute Gasteiger partial charge is 0.357 e. The first-order valence-electron chi connectivity index (χ1n) is 7.93. The molecule has 8 heteroatoms. The van der Waals surface area contributed by atoms with Crippen LogP contribution in [0.1, 0.15) is 0 Å². The lowest BCUT2D eigenvalue weighted by molar-refractivity contribution is 0.533. The first-order valence-corrected chi connectivity index (χ1v) is 8.31. The quantitative estimate of drug-likeness (QED) is 0.865. The van der Waals surface area contributed by atoms with Gasteiger partial charge in [-0.2, -0.15) is 0 Å². The first kappa shape index (κ1) is 15.3. The molecule has 2 aromatic rings. The summed E-state index contributed by atoms with van der Waals surface area (Å²) >= 11 is 5.89. The molecule has 7 nitrogen and oxygen atoms in total. The molecule has 0 amide bonds. The maximum atomic E-state index is 11.8. The van der Waals surface area contributed by atoms with Gasteiger partial charge in [-0.15, -0.1) is 0 Å². The zero-order chi connectivity index (χ0) is 16.8. The van der Waals surface area contributed by atoms with Gasteiger partial charge in [-0.1, -0.05) is 11.6 Å². The van der Waals surface area contributed by atoms with Crippen LogP contribution >= 0.6 is 11.6 Å². The Morgan fingerprint density at radius 3 is 2.38 bits per heavy atom. The number of rotatable bonds is 2. The van der Waals surface area contributed by atoms with Crippen LogP contribution in [0, 0.1) is 11.8 Å². The maximum Gasteiger partial charge on any atom is 0.329 e. The van der Waals surface area contributed by atoms with E-state index < -0.39 is 0 Å². The van der Waals surface area contributed by atoms with E-state index in [1.807, 2.05) is 12.1 Å². The molecule has 2 saturated heterocycles. The molecule has 2 atom stereocenters. The second-order valence-electron chi connectivity index (χ2n) is 6.52. The summed E-state index contributed by atoms with van der Waals surface area (Å²) in [5, 5.41) is 0.638. The van der Waals surface area contributed by atoms with Gasteiger partial charge in [0.1, 0.15) is 11.6 Å². The van der Waals surface area contributed by atoms with Crippen LogP contribution in [0.25, 0.3) is 0 Å². The molecular formula is C16H18ClN5O2. The molecule has 2 aromatic heterocycles. The molecule has 0 radical (unpaired) electrons. The number of nitrogens with one attached hydrogen (secondary N) is 1. The summed E-state index contributed by atoms with van der Waals surface area (Å²) in [5.41, 5.74) is -0.653. The smallest absolute Gasteiger partial charge is 0.329 e. The highest BCUT2D eigenvalue weighted by molar-refractivity contribution is 6.30. The molecule has 0 spiro atoms. The molecule has 4 heterocycles. The van der Waals surface area contributed by atoms with Crippen LogP contribution in [0.4, 0.5) is 11.6 Å². The normalized spacial score (nSPS) is 22.9. The number of halogens is 1. The molecule has 0 aromatic carbocycles. The van der Waals surface area contributed by atoms with E-state index in [1.165, 1.54) is 13.1 Å². The van der Waals surface area contributed by atoms with E-state index in [0.29, 0.717) is 22.7 Å². The lowest BCUT2D eigenvalue weighted by Gasteiger charge is -2.23. The molecule has 4 rings (SSSR count). The zero-order valence-electron chi connectivity index (χ0n) is 13.3. The minimum Gasteiger partial charge on any atom is -0.357 e. The minimum absolute atomic E-state index is 0.280. The molecule has 2 aliphatic heterocycles. The Bertz CT molecular complexity index is 830. The molecule has 0 saturated carbocycles. The monoisotopic (exact) mass is 347 g/mol. The summed E-state index contributed by atoms with van der Waals surface area (Å²) in [7, 11) is 1.47. The second-order valence-corrected chi connectivity index (χ2v) is 6.96. The molecule has 0 aliphatic carbocycles. The molecule has 0 bridgehead atoms. The van der Waals surface area contributed by atoms with Gasteiger partial charge >= 0.3 is 5.69 Å². The van der Waals surface area contributed by atoms with Crippen LogP contribution in [0.5, 0.6) is 0 Å². The Morgan fingerprint density at radius 1 is 1.12 bits per heavy atom. The van der Waals surface area contributed by atoms with Crippen molar-refractivity contribution in [2.24, 2.45) is 18.9 Å². The van der Waals surface area contributed by atoms with Gasteiger partial charge < -0.3 is 9.80 Å². The number of H-pyrrole nitrogens is 1. The van der Waals surface area contributed by atoms with Crippen molar-refractivity contribution < 1.29 is 0 Å². The predicted molar refractivity (Wildman–Crippen MR) is 93.0 cm³/mol. The number of pyridine rings is 1. The first-order chi connectivity index (χ1) is 11.5. The average Bonchev–Trinajstić information content (AvgIpc) is 3.11. The summed E-state index contributed by atoms with van der Waals surface area (Å²) in [6, 6.07) is 5.30. The van der Waals surface area contributed by atoms with E-state index in [1.54, 1.807) is 6.20 Å². The third-order valence-electron chi connectivity index (χ3n) is 4.99. The number of nitrogens with zero attached hydrogens (tertiary/aromatic N) is 4. The number of aromatic amines is 1. The van der Waals surface area contributed by atoms with E-state index in [4.69, 9.17) is 11.6 Å². The van der Waals surface area contributed by atoms with E-state index in [2.05, 4.69) is 19.8 Å². The Labute approximate surface area is 143 Å². The Balaban J connectivity index is 1.49. The van der Waals surface area contributed by atoms with Crippen molar-refractivity contribution in [2.45, 2.75) is 0 Å². The molecule has 2 fully saturated rings. The molecule has 2 aliphatic rings. The van der Waals surface area contributed by atoms with Gasteiger partial charge in [0.15, 0.2) is 0 Å². The van der Waals surface area contributed by atoms with E-state index in [0.717, 1.165) is 36.6 Å². The van der Waals surface area contributed by atoms with E-state index >= 15 is 0 Å². The van der Waals surface area contributed by atoms with E-state index in [9.17, 15) is 9.59 Å². The topological polar surface area (TPSA) is 74.2 Å². The van der Waals surface area contributed by atoms with Crippen molar-refractivity contribution in [1.29, 1.82) is 0 Å². The third kappa shape index (κ3) is 2.58. The number of fused-ring (bicyclic) bond motifs is 1. The van der Waals surface area contributed by atoms with Gasteiger partial charge in [0.05, 0.1) is 5.02 Å². The fourth-order valence-electron chi connectivity index (χ4n) is 3.65. The van der Waals surface area contributed by atoms with Crippen molar-refractivity contribution in [3.63, 3.8) is 0 Å². The molecule has 1 N–H and O–H groups in total. The van der Waals surface area contributed by atoms with Gasteiger partial charge in [-0.05, 0) is 12.1 Å². The summed E-state index contributed by atoms with van der Waals surface area (Å²) in [5.74, 6) is 2.56. The molecule has 126 valence electrons. The van der Waals surface area contributed by atoms with Crippen LogP contribution in [0.3, 0.4) is 0 Å². The number of aromatic nitrogens is 3. The van der Waals surface area contributed by atoms with Gasteiger partial charge in [0.25, 0.3) is 5.56 Å². The Morgan fingerprint density at radius 2 is 1.79 bits per heavy atom. The number of hydrogen-bond acceptors (Lipinski definition) is 5. The fraction of sp³-hybridized carbons (Fsp3) is 0.438. The van der Waals surface area contributed by atoms with Crippen LogP contribution in [-0.4, -0.2) is 40.7 Å². The van der Waals surface area contributed by atoms with Crippen molar-refractivity contribution in [3.05, 3.63) is 50.3 Å². The van der Waals surface area contributed by atoms with E-state index in [-0.39, 0.29) is 11.2 Å². The standard InChI is InChI=1S/C16H18ClN5O2/c1-20-15(23)4-14(19-16(20)24)22-8-10-6-21(7-11(10)9-22)13-3-2-12(17)5-18-13/h2-5,10-11H,6-9H2,1H3,(H,19,24). The number of anilines is 2. The summed E-state index contributed by atoms with van der Waals surface area (Å²) in [4.78, 5) is 35.2. The van der Waals surface area contributed by atoms with Crippen LogP contribution in [-0.2, 0) is 7.05 Å². The highest BCUT2D eigenvalue weighted by atomic mass is 35.5. The van der Waals surface area contributed by atoms with Gasteiger partial charge in [0.2, 0.25) is 0 Å². The summed E-state index contributed by atoms with van der Waals surface area (Å²) in [6.07, 6.45) is 1.67. The lowest BCUT2D eigenvalue weighted by atomic mass is 10.0. The van der Waals surface area contributed by atoms with Gasteiger partial charge in [-0.3, -0.25) is 14.3 Å². The SMILES string of the molecule is Cn1c(=O)cc(N2CC3CN(c4ccc(Cl)cn4)CC3C2)[nH]c1=O.